The van der Waals surface area contributed by atoms with Crippen molar-refractivity contribution in [2.45, 2.75) is 109 Å². The zero-order valence-electron chi connectivity index (χ0n) is 25.5. The third-order valence-electron chi connectivity index (χ3n) is 10.5. The minimum atomic E-state index is -1.26. The van der Waals surface area contributed by atoms with E-state index in [1.807, 2.05) is 84.0 Å². The molecule has 9 heteroatoms. The molecule has 0 radical (unpaired) electrons. The summed E-state index contributed by atoms with van der Waals surface area (Å²) >= 11 is 0. The molecule has 6 rings (SSSR count). The largest absolute Gasteiger partial charge is 0.509 e. The maximum absolute atomic E-state index is 13.2. The Kier molecular flexibility index (Phi) is 6.74. The van der Waals surface area contributed by atoms with Crippen LogP contribution in [0.2, 0.25) is 0 Å². The first kappa shape index (κ1) is 29.4. The molecule has 1 N–H and O–H groups in total. The highest BCUT2D eigenvalue weighted by Gasteiger charge is 2.76. The highest BCUT2D eigenvalue weighted by Crippen LogP contribution is 2.66. The van der Waals surface area contributed by atoms with Crippen LogP contribution >= 0.6 is 0 Å². The average Bonchev–Trinajstić information content (AvgIpc) is 3.41. The Hall–Kier alpha value is -2.72. The van der Waals surface area contributed by atoms with Crippen molar-refractivity contribution < 1.29 is 43.1 Å². The number of ether oxygens (including phenoxy) is 6. The molecule has 1 aromatic carbocycles. The summed E-state index contributed by atoms with van der Waals surface area (Å²) < 4.78 is 38.0. The number of hydrogen-bond donors (Lipinski definition) is 1. The minimum absolute atomic E-state index is 0.166. The minimum Gasteiger partial charge on any atom is -0.455 e. The number of fused-ring (bicyclic) bond motifs is 4. The van der Waals surface area contributed by atoms with Crippen LogP contribution in [-0.2, 0) is 39.8 Å². The zero-order valence-corrected chi connectivity index (χ0v) is 25.5. The van der Waals surface area contributed by atoms with E-state index in [4.69, 9.17) is 28.4 Å². The van der Waals surface area contributed by atoms with Crippen LogP contribution < -0.4 is 0 Å². The van der Waals surface area contributed by atoms with Crippen LogP contribution in [0.15, 0.2) is 53.6 Å². The first-order chi connectivity index (χ1) is 19.7. The maximum Gasteiger partial charge on any atom is 0.509 e. The van der Waals surface area contributed by atoms with Crippen molar-refractivity contribution in [3.63, 3.8) is 0 Å². The summed E-state index contributed by atoms with van der Waals surface area (Å²) in [6, 6.07) is 9.78. The molecule has 2 spiro atoms. The Morgan fingerprint density at radius 3 is 2.48 bits per heavy atom. The topological polar surface area (TPSA) is 110 Å². The van der Waals surface area contributed by atoms with E-state index in [0.29, 0.717) is 12.8 Å². The molecule has 2 aliphatic heterocycles. The lowest BCUT2D eigenvalue weighted by atomic mass is 9.47. The predicted octanol–water partition coefficient (Wildman–Crippen LogP) is 5.00. The van der Waals surface area contributed by atoms with Gasteiger partial charge in [0.25, 0.3) is 0 Å². The van der Waals surface area contributed by atoms with E-state index >= 15 is 0 Å². The van der Waals surface area contributed by atoms with Crippen LogP contribution in [-0.4, -0.2) is 65.2 Å². The van der Waals surface area contributed by atoms with Gasteiger partial charge in [0.15, 0.2) is 23.6 Å². The highest BCUT2D eigenvalue weighted by molar-refractivity contribution is 5.68. The average molecular weight is 583 g/mol. The number of benzene rings is 1. The normalized spacial score (nSPS) is 41.3. The van der Waals surface area contributed by atoms with Crippen LogP contribution in [0.25, 0.3) is 0 Å². The lowest BCUT2D eigenvalue weighted by Gasteiger charge is -2.62. The Morgan fingerprint density at radius 2 is 1.83 bits per heavy atom. The van der Waals surface area contributed by atoms with Gasteiger partial charge in [0.2, 0.25) is 0 Å². The van der Waals surface area contributed by atoms with Crippen LogP contribution in [0.3, 0.4) is 0 Å². The first-order valence-electron chi connectivity index (χ1n) is 14.8. The third-order valence-corrected chi connectivity index (χ3v) is 10.5. The van der Waals surface area contributed by atoms with E-state index in [0.717, 1.165) is 16.7 Å². The van der Waals surface area contributed by atoms with Gasteiger partial charge in [-0.3, -0.25) is 4.79 Å². The monoisotopic (exact) mass is 582 g/mol. The van der Waals surface area contributed by atoms with E-state index in [-0.39, 0.29) is 13.2 Å². The molecule has 9 nitrogen and oxygen atoms in total. The van der Waals surface area contributed by atoms with Crippen LogP contribution in [0.5, 0.6) is 0 Å². The summed E-state index contributed by atoms with van der Waals surface area (Å²) in [5.41, 5.74) is -1.57. The number of allylic oxidation sites excluding steroid dienone is 1. The molecule has 1 aromatic rings. The molecular formula is C33H42O9. The van der Waals surface area contributed by atoms with Crippen molar-refractivity contribution in [2.24, 2.45) is 16.7 Å². The Bertz CT molecular complexity index is 1330. The fourth-order valence-corrected chi connectivity index (χ4v) is 8.64. The van der Waals surface area contributed by atoms with Crippen molar-refractivity contribution in [1.29, 1.82) is 0 Å². The second-order valence-electron chi connectivity index (χ2n) is 13.7. The molecule has 2 saturated heterocycles. The molecule has 3 aliphatic carbocycles. The summed E-state index contributed by atoms with van der Waals surface area (Å²) in [5, 5.41) is 12.7. The van der Waals surface area contributed by atoms with Gasteiger partial charge in [0, 0.05) is 23.7 Å². The lowest BCUT2D eigenvalue weighted by molar-refractivity contribution is -0.253. The van der Waals surface area contributed by atoms with Crippen molar-refractivity contribution in [1.82, 2.24) is 0 Å². The molecule has 0 aromatic heterocycles. The van der Waals surface area contributed by atoms with E-state index in [9.17, 15) is 14.7 Å². The number of rotatable bonds is 4. The van der Waals surface area contributed by atoms with Crippen LogP contribution in [0.1, 0.15) is 66.9 Å². The quantitative estimate of drug-likeness (QED) is 0.387. The molecule has 2 heterocycles. The Balaban J connectivity index is 1.60. The number of aliphatic hydroxyl groups excluding tert-OH is 1. The molecule has 3 fully saturated rings. The Labute approximate surface area is 247 Å². The van der Waals surface area contributed by atoms with E-state index in [2.05, 4.69) is 0 Å². The summed E-state index contributed by atoms with van der Waals surface area (Å²) in [5.74, 6) is -2.15. The highest BCUT2D eigenvalue weighted by atomic mass is 16.8. The molecule has 42 heavy (non-hydrogen) atoms. The summed E-state index contributed by atoms with van der Waals surface area (Å²) in [7, 11) is 0. The first-order valence-corrected chi connectivity index (χ1v) is 14.8. The van der Waals surface area contributed by atoms with Gasteiger partial charge >= 0.3 is 12.1 Å². The number of carbonyl (C=O) groups is 2. The molecule has 228 valence electrons. The van der Waals surface area contributed by atoms with Crippen LogP contribution in [0.4, 0.5) is 4.79 Å². The lowest BCUT2D eigenvalue weighted by Crippen LogP contribution is -2.73. The van der Waals surface area contributed by atoms with Gasteiger partial charge in [-0.25, -0.2) is 4.79 Å². The third kappa shape index (κ3) is 4.11. The fraction of sp³-hybridized carbons (Fsp3) is 0.636. The van der Waals surface area contributed by atoms with Gasteiger partial charge in [0.1, 0.15) is 11.7 Å². The molecule has 2 bridgehead atoms. The van der Waals surface area contributed by atoms with Crippen molar-refractivity contribution in [3.8, 4) is 0 Å². The SMILES string of the molecule is CC(=O)O[C@@H]1C2=C(C)CC[C@]3(OC(=O)O[C@H]3[C@H]3[C@@](C)([C@@H](OCc4ccccc4)C=C[C@@]34COC(C)(C)O4)[C@@H]1O)C2(C)C. The second-order valence-corrected chi connectivity index (χ2v) is 13.7. The molecule has 5 aliphatic rings. The number of carbonyl (C=O) groups excluding carboxylic acids is 2. The van der Waals surface area contributed by atoms with Gasteiger partial charge in [-0.15, -0.1) is 0 Å². The molecule has 8 atom stereocenters. The fourth-order valence-electron chi connectivity index (χ4n) is 8.64. The van der Waals surface area contributed by atoms with Crippen LogP contribution in [0, 0.1) is 16.7 Å². The van der Waals surface area contributed by atoms with E-state index in [1.165, 1.54) is 6.92 Å². The summed E-state index contributed by atoms with van der Waals surface area (Å²) in [6.07, 6.45) is 0.382. The number of esters is 1. The van der Waals surface area contributed by atoms with Gasteiger partial charge in [-0.05, 0) is 44.7 Å². The van der Waals surface area contributed by atoms with Gasteiger partial charge in [-0.1, -0.05) is 68.8 Å². The van der Waals surface area contributed by atoms with E-state index in [1.54, 1.807) is 0 Å². The number of aliphatic hydroxyl groups is 1. The van der Waals surface area contributed by atoms with Crippen molar-refractivity contribution >= 4 is 12.1 Å². The second kappa shape index (κ2) is 9.64. The number of hydrogen-bond acceptors (Lipinski definition) is 9. The maximum atomic E-state index is 13.2. The smallest absolute Gasteiger partial charge is 0.455 e. The Morgan fingerprint density at radius 1 is 1.12 bits per heavy atom. The molecular weight excluding hydrogens is 540 g/mol. The zero-order chi connectivity index (χ0) is 30.3. The van der Waals surface area contributed by atoms with Crippen molar-refractivity contribution in [3.05, 3.63) is 59.2 Å². The summed E-state index contributed by atoms with van der Waals surface area (Å²) in [6.45, 7) is 13.3. The van der Waals surface area contributed by atoms with Gasteiger partial charge in [0.05, 0.1) is 19.3 Å². The molecule has 1 saturated carbocycles. The standard InChI is InChI=1S/C33H42O9/c1-19-13-16-33-27(40-28(36)41-33)25-31(7,26(35)24(39-20(2)34)23(19)29(33,3)4)22(37-17-21-11-9-8-10-12-21)14-15-32(25)18-38-30(5,6)42-32/h8-12,14-15,22,24-27,35H,13,16-18H2,1-7H3/t22-,24+,25-,26+,27-,31+,32+,33+/m0/s1. The molecule has 0 unspecified atom stereocenters. The van der Waals surface area contributed by atoms with Crippen molar-refractivity contribution in [2.75, 3.05) is 6.61 Å². The summed E-state index contributed by atoms with van der Waals surface area (Å²) in [4.78, 5) is 25.9. The van der Waals surface area contributed by atoms with Gasteiger partial charge in [-0.2, -0.15) is 0 Å². The van der Waals surface area contributed by atoms with E-state index < -0.39 is 70.3 Å². The van der Waals surface area contributed by atoms with Gasteiger partial charge < -0.3 is 33.5 Å². The predicted molar refractivity (Wildman–Crippen MR) is 151 cm³/mol. The molecule has 0 amide bonds.